The molecule has 1 aromatic heterocycles. The second-order valence-corrected chi connectivity index (χ2v) is 3.99. The Labute approximate surface area is 94.5 Å². The number of rotatable bonds is 5. The summed E-state index contributed by atoms with van der Waals surface area (Å²) in [6, 6.07) is 1.80. The average Bonchev–Trinajstić information content (AvgIpc) is 2.74. The van der Waals surface area contributed by atoms with Crippen LogP contribution in [0.5, 0.6) is 0 Å². The van der Waals surface area contributed by atoms with Gasteiger partial charge in [-0.3, -0.25) is 14.9 Å². The zero-order chi connectivity index (χ0) is 12.1. The van der Waals surface area contributed by atoms with E-state index in [9.17, 15) is 14.9 Å². The number of carbonyl (C=O) groups is 1. The highest BCUT2D eigenvalue weighted by atomic mass is 32.1. The van der Waals surface area contributed by atoms with E-state index in [0.717, 1.165) is 11.3 Å². The summed E-state index contributed by atoms with van der Waals surface area (Å²) in [7, 11) is 0. The summed E-state index contributed by atoms with van der Waals surface area (Å²) >= 11 is 0.738. The van der Waals surface area contributed by atoms with Crippen molar-refractivity contribution in [2.45, 2.75) is 6.04 Å². The Bertz CT molecular complexity index is 388. The van der Waals surface area contributed by atoms with Crippen LogP contribution in [0.15, 0.2) is 12.1 Å². The van der Waals surface area contributed by atoms with Gasteiger partial charge in [-0.25, -0.2) is 0 Å². The molecule has 1 aromatic rings. The molecule has 1 amide bonds. The molecule has 0 aliphatic carbocycles. The van der Waals surface area contributed by atoms with E-state index in [4.69, 9.17) is 10.2 Å². The van der Waals surface area contributed by atoms with Crippen molar-refractivity contribution >= 4 is 22.2 Å². The van der Waals surface area contributed by atoms with Gasteiger partial charge in [0.25, 0.3) is 5.91 Å². The molecule has 0 atom stereocenters. The van der Waals surface area contributed by atoms with Crippen LogP contribution in [0.25, 0.3) is 0 Å². The van der Waals surface area contributed by atoms with Crippen LogP contribution in [0.1, 0.15) is 9.67 Å². The van der Waals surface area contributed by atoms with Gasteiger partial charge in [-0.2, -0.15) is 0 Å². The Morgan fingerprint density at radius 2 is 2.12 bits per heavy atom. The van der Waals surface area contributed by atoms with E-state index >= 15 is 0 Å². The number of carbonyl (C=O) groups excluding carboxylic acids is 1. The predicted molar refractivity (Wildman–Crippen MR) is 56.4 cm³/mol. The number of aliphatic hydroxyl groups is 2. The molecule has 0 aliphatic rings. The third-order valence-corrected chi connectivity index (χ3v) is 2.81. The number of nitrogens with one attached hydrogen (secondary N) is 1. The standard InChI is InChI=1S/C8H10N2O5S/c11-3-5(4-12)9-8(13)6-1-2-7(16-6)10(14)15/h1-2,5,11-12H,3-4H2,(H,9,13). The summed E-state index contributed by atoms with van der Waals surface area (Å²) in [5, 5.41) is 30.1. The number of nitro groups is 1. The predicted octanol–water partition coefficient (Wildman–Crippen LogP) is -0.261. The Hall–Kier alpha value is -1.51. The molecule has 0 saturated carbocycles. The first kappa shape index (κ1) is 12.6. The first-order chi connectivity index (χ1) is 7.58. The van der Waals surface area contributed by atoms with Crippen LogP contribution >= 0.6 is 11.3 Å². The summed E-state index contributed by atoms with van der Waals surface area (Å²) in [5.41, 5.74) is 0. The third-order valence-electron chi connectivity index (χ3n) is 1.77. The number of nitrogens with zero attached hydrogens (tertiary/aromatic N) is 1. The molecule has 3 N–H and O–H groups in total. The van der Waals surface area contributed by atoms with Crippen LogP contribution in [0, 0.1) is 10.1 Å². The van der Waals surface area contributed by atoms with E-state index in [1.54, 1.807) is 0 Å². The molecule has 0 aromatic carbocycles. The minimum absolute atomic E-state index is 0.130. The number of thiophene rings is 1. The van der Waals surface area contributed by atoms with Gasteiger partial charge in [-0.05, 0) is 6.07 Å². The van der Waals surface area contributed by atoms with Crippen molar-refractivity contribution < 1.29 is 19.9 Å². The largest absolute Gasteiger partial charge is 0.394 e. The van der Waals surface area contributed by atoms with Gasteiger partial charge in [0.1, 0.15) is 0 Å². The smallest absolute Gasteiger partial charge is 0.324 e. The molecule has 8 heteroatoms. The lowest BCUT2D eigenvalue weighted by Crippen LogP contribution is -2.39. The topological polar surface area (TPSA) is 113 Å². The van der Waals surface area contributed by atoms with Gasteiger partial charge in [0.2, 0.25) is 0 Å². The van der Waals surface area contributed by atoms with Gasteiger partial charge in [-0.15, -0.1) is 0 Å². The molecule has 0 fully saturated rings. The van der Waals surface area contributed by atoms with Crippen molar-refractivity contribution in [2.24, 2.45) is 0 Å². The lowest BCUT2D eigenvalue weighted by atomic mass is 10.3. The number of hydrogen-bond acceptors (Lipinski definition) is 6. The van der Waals surface area contributed by atoms with E-state index in [-0.39, 0.29) is 9.88 Å². The number of amides is 1. The molecule has 0 bridgehead atoms. The SMILES string of the molecule is O=C(NC(CO)CO)c1ccc([N+](=O)[O-])s1. The summed E-state index contributed by atoms with van der Waals surface area (Å²) < 4.78 is 0. The Balaban J connectivity index is 2.69. The maximum Gasteiger partial charge on any atom is 0.324 e. The molecule has 1 heterocycles. The van der Waals surface area contributed by atoms with Crippen LogP contribution in [0.3, 0.4) is 0 Å². The third kappa shape index (κ3) is 2.99. The Morgan fingerprint density at radius 3 is 2.56 bits per heavy atom. The maximum atomic E-state index is 11.5. The molecule has 88 valence electrons. The van der Waals surface area contributed by atoms with Crippen LogP contribution in [-0.2, 0) is 0 Å². The van der Waals surface area contributed by atoms with Gasteiger partial charge >= 0.3 is 5.00 Å². The lowest BCUT2D eigenvalue weighted by molar-refractivity contribution is -0.380. The number of aliphatic hydroxyl groups excluding tert-OH is 2. The minimum atomic E-state index is -0.756. The quantitative estimate of drug-likeness (QED) is 0.489. The van der Waals surface area contributed by atoms with E-state index < -0.39 is 30.1 Å². The normalized spacial score (nSPS) is 10.4. The number of hydrogen-bond donors (Lipinski definition) is 3. The van der Waals surface area contributed by atoms with Crippen molar-refractivity contribution in [1.82, 2.24) is 5.32 Å². The average molecular weight is 246 g/mol. The fourth-order valence-electron chi connectivity index (χ4n) is 0.953. The fraction of sp³-hybridized carbons (Fsp3) is 0.375. The monoisotopic (exact) mass is 246 g/mol. The Morgan fingerprint density at radius 1 is 1.50 bits per heavy atom. The fourth-order valence-corrected chi connectivity index (χ4v) is 1.68. The second kappa shape index (κ2) is 5.54. The van der Waals surface area contributed by atoms with Gasteiger partial charge in [0.15, 0.2) is 0 Å². The lowest BCUT2D eigenvalue weighted by Gasteiger charge is -2.11. The molecule has 0 saturated heterocycles. The molecule has 1 rings (SSSR count). The van der Waals surface area contributed by atoms with E-state index in [1.807, 2.05) is 0 Å². The van der Waals surface area contributed by atoms with E-state index in [1.165, 1.54) is 12.1 Å². The molecule has 0 aliphatic heterocycles. The van der Waals surface area contributed by atoms with Gasteiger partial charge in [0, 0.05) is 6.07 Å². The molecular formula is C8H10N2O5S. The summed E-state index contributed by atoms with van der Waals surface area (Å²) in [6.07, 6.45) is 0. The van der Waals surface area contributed by atoms with Crippen molar-refractivity contribution in [3.05, 3.63) is 27.1 Å². The molecule has 0 radical (unpaired) electrons. The summed E-state index contributed by atoms with van der Waals surface area (Å²) in [5.74, 6) is -0.550. The molecule has 7 nitrogen and oxygen atoms in total. The second-order valence-electron chi connectivity index (χ2n) is 2.93. The van der Waals surface area contributed by atoms with Gasteiger partial charge < -0.3 is 15.5 Å². The van der Waals surface area contributed by atoms with Crippen LogP contribution in [0.4, 0.5) is 5.00 Å². The molecular weight excluding hydrogens is 236 g/mol. The first-order valence-electron chi connectivity index (χ1n) is 4.35. The van der Waals surface area contributed by atoms with Crippen LogP contribution in [0.2, 0.25) is 0 Å². The Kier molecular flexibility index (Phi) is 4.35. The van der Waals surface area contributed by atoms with Crippen molar-refractivity contribution in [3.8, 4) is 0 Å². The van der Waals surface area contributed by atoms with E-state index in [0.29, 0.717) is 0 Å². The highest BCUT2D eigenvalue weighted by Gasteiger charge is 2.17. The zero-order valence-electron chi connectivity index (χ0n) is 8.12. The maximum absolute atomic E-state index is 11.5. The van der Waals surface area contributed by atoms with Gasteiger partial charge in [0.05, 0.1) is 29.1 Å². The highest BCUT2D eigenvalue weighted by molar-refractivity contribution is 7.17. The van der Waals surface area contributed by atoms with Crippen LogP contribution < -0.4 is 5.32 Å². The highest BCUT2D eigenvalue weighted by Crippen LogP contribution is 2.23. The minimum Gasteiger partial charge on any atom is -0.394 e. The zero-order valence-corrected chi connectivity index (χ0v) is 8.94. The van der Waals surface area contributed by atoms with E-state index in [2.05, 4.69) is 5.32 Å². The molecule has 0 unspecified atom stereocenters. The van der Waals surface area contributed by atoms with Gasteiger partial charge in [-0.1, -0.05) is 11.3 Å². The first-order valence-corrected chi connectivity index (χ1v) is 5.17. The van der Waals surface area contributed by atoms with Crippen molar-refractivity contribution in [2.75, 3.05) is 13.2 Å². The van der Waals surface area contributed by atoms with Crippen molar-refractivity contribution in [3.63, 3.8) is 0 Å². The van der Waals surface area contributed by atoms with Crippen LogP contribution in [-0.4, -0.2) is 40.3 Å². The molecule has 16 heavy (non-hydrogen) atoms. The molecule has 0 spiro atoms. The summed E-state index contributed by atoms with van der Waals surface area (Å²) in [6.45, 7) is -0.786. The summed E-state index contributed by atoms with van der Waals surface area (Å²) in [4.78, 5) is 21.4. The van der Waals surface area contributed by atoms with Crippen molar-refractivity contribution in [1.29, 1.82) is 0 Å².